The average Bonchev–Trinajstić information content (AvgIpc) is 2.82. The maximum atomic E-state index is 12.6. The topological polar surface area (TPSA) is 95.5 Å². The summed E-state index contributed by atoms with van der Waals surface area (Å²) in [7, 11) is 0. The highest BCUT2D eigenvalue weighted by molar-refractivity contribution is 6.05. The molecule has 0 bridgehead atoms. The zero-order valence-corrected chi connectivity index (χ0v) is 18.7. The number of aromatic nitrogens is 3. The lowest BCUT2D eigenvalue weighted by Gasteiger charge is -2.15. The Morgan fingerprint density at radius 2 is 1.82 bits per heavy atom. The Kier molecular flexibility index (Phi) is 6.64. The lowest BCUT2D eigenvalue weighted by molar-refractivity contribution is 0.0527. The van der Waals surface area contributed by atoms with Gasteiger partial charge < -0.3 is 19.5 Å². The molecular formula is C25H24N4O4. The number of nitrogens with one attached hydrogen (secondary N) is 1. The van der Waals surface area contributed by atoms with Crippen LogP contribution in [0.25, 0.3) is 11.0 Å². The molecular weight excluding hydrogens is 420 g/mol. The Morgan fingerprint density at radius 3 is 2.52 bits per heavy atom. The first-order chi connectivity index (χ1) is 16.1. The van der Waals surface area contributed by atoms with Crippen molar-refractivity contribution in [2.75, 3.05) is 18.5 Å². The summed E-state index contributed by atoms with van der Waals surface area (Å²) in [6, 6.07) is 14.8. The van der Waals surface area contributed by atoms with Crippen molar-refractivity contribution in [2.24, 2.45) is 0 Å². The van der Waals surface area contributed by atoms with Gasteiger partial charge in [0.2, 0.25) is 5.88 Å². The monoisotopic (exact) mass is 444 g/mol. The number of pyridine rings is 3. The van der Waals surface area contributed by atoms with E-state index in [0.717, 1.165) is 5.69 Å². The van der Waals surface area contributed by atoms with Crippen molar-refractivity contribution in [3.8, 4) is 17.4 Å². The highest BCUT2D eigenvalue weighted by Gasteiger charge is 2.19. The lowest BCUT2D eigenvalue weighted by atomic mass is 10.1. The van der Waals surface area contributed by atoms with E-state index in [4.69, 9.17) is 14.2 Å². The van der Waals surface area contributed by atoms with Gasteiger partial charge in [0.25, 0.3) is 0 Å². The Morgan fingerprint density at radius 1 is 1.00 bits per heavy atom. The number of carbonyl (C=O) groups is 1. The fourth-order valence-electron chi connectivity index (χ4n) is 3.26. The minimum absolute atomic E-state index is 0.250. The van der Waals surface area contributed by atoms with E-state index in [1.165, 1.54) is 6.20 Å². The van der Waals surface area contributed by atoms with Crippen molar-refractivity contribution in [2.45, 2.75) is 20.8 Å². The fraction of sp³-hybridized carbons (Fsp3) is 0.200. The fourth-order valence-corrected chi connectivity index (χ4v) is 3.26. The van der Waals surface area contributed by atoms with E-state index < -0.39 is 5.97 Å². The zero-order valence-electron chi connectivity index (χ0n) is 18.7. The molecule has 8 nitrogen and oxygen atoms in total. The summed E-state index contributed by atoms with van der Waals surface area (Å²) in [4.78, 5) is 25.9. The molecule has 4 rings (SSSR count). The molecule has 3 heterocycles. The van der Waals surface area contributed by atoms with Crippen LogP contribution in [0.15, 0.2) is 60.9 Å². The minimum Gasteiger partial charge on any atom is -0.492 e. The van der Waals surface area contributed by atoms with Crippen LogP contribution < -0.4 is 14.8 Å². The number of benzene rings is 1. The van der Waals surface area contributed by atoms with E-state index in [1.807, 2.05) is 56.3 Å². The van der Waals surface area contributed by atoms with Gasteiger partial charge in [-0.1, -0.05) is 18.2 Å². The quantitative estimate of drug-likeness (QED) is 0.359. The molecule has 0 unspecified atom stereocenters. The van der Waals surface area contributed by atoms with Gasteiger partial charge in [-0.15, -0.1) is 0 Å². The third-order valence-electron chi connectivity index (χ3n) is 4.77. The first kappa shape index (κ1) is 22.0. The largest absolute Gasteiger partial charge is 0.492 e. The first-order valence-electron chi connectivity index (χ1n) is 10.6. The van der Waals surface area contributed by atoms with Crippen molar-refractivity contribution < 1.29 is 19.0 Å². The van der Waals surface area contributed by atoms with Crippen LogP contribution in [0.2, 0.25) is 0 Å². The molecule has 3 aromatic heterocycles. The number of hydrogen-bond acceptors (Lipinski definition) is 8. The van der Waals surface area contributed by atoms with E-state index in [2.05, 4.69) is 20.3 Å². The molecule has 0 saturated carbocycles. The van der Waals surface area contributed by atoms with Crippen molar-refractivity contribution in [1.82, 2.24) is 15.0 Å². The molecule has 0 fully saturated rings. The van der Waals surface area contributed by atoms with E-state index in [-0.39, 0.29) is 6.61 Å². The molecule has 0 radical (unpaired) electrons. The number of carbonyl (C=O) groups excluding carboxylic acids is 1. The molecule has 4 aromatic rings. The normalized spacial score (nSPS) is 10.6. The number of esters is 1. The summed E-state index contributed by atoms with van der Waals surface area (Å²) in [6.45, 7) is 6.26. The highest BCUT2D eigenvalue weighted by atomic mass is 16.5. The Labute approximate surface area is 191 Å². The second kappa shape index (κ2) is 9.95. The second-order valence-corrected chi connectivity index (χ2v) is 7.07. The van der Waals surface area contributed by atoms with Crippen LogP contribution in [0.1, 0.15) is 29.9 Å². The Balaban J connectivity index is 1.71. The van der Waals surface area contributed by atoms with Gasteiger partial charge in [-0.3, -0.25) is 0 Å². The van der Waals surface area contributed by atoms with Gasteiger partial charge in [0.1, 0.15) is 17.1 Å². The van der Waals surface area contributed by atoms with Crippen LogP contribution in [0, 0.1) is 6.92 Å². The number of anilines is 2. The SMILES string of the molecule is CCOC(=O)c1cnc2nc(C)c(OCC)cc2c1Nc1ccc(Oc2ccccc2)nc1. The lowest BCUT2D eigenvalue weighted by Crippen LogP contribution is -2.10. The molecule has 0 amide bonds. The van der Waals surface area contributed by atoms with Crippen LogP contribution in [-0.2, 0) is 4.74 Å². The molecule has 0 aliphatic rings. The molecule has 0 spiro atoms. The van der Waals surface area contributed by atoms with Crippen LogP contribution in [0.5, 0.6) is 17.4 Å². The van der Waals surface area contributed by atoms with Gasteiger partial charge in [0, 0.05) is 17.6 Å². The maximum absolute atomic E-state index is 12.6. The van der Waals surface area contributed by atoms with Gasteiger partial charge in [0.15, 0.2) is 5.65 Å². The zero-order chi connectivity index (χ0) is 23.2. The summed E-state index contributed by atoms with van der Waals surface area (Å²) in [5, 5.41) is 3.92. The van der Waals surface area contributed by atoms with E-state index >= 15 is 0 Å². The first-order valence-corrected chi connectivity index (χ1v) is 10.6. The number of para-hydroxylation sites is 1. The van der Waals surface area contributed by atoms with Gasteiger partial charge >= 0.3 is 5.97 Å². The Hall–Kier alpha value is -4.20. The molecule has 168 valence electrons. The second-order valence-electron chi connectivity index (χ2n) is 7.07. The van der Waals surface area contributed by atoms with Crippen LogP contribution in [0.4, 0.5) is 11.4 Å². The predicted molar refractivity (Wildman–Crippen MR) is 125 cm³/mol. The van der Waals surface area contributed by atoms with Crippen molar-refractivity contribution >= 4 is 28.4 Å². The molecule has 0 aliphatic carbocycles. The van der Waals surface area contributed by atoms with E-state index in [9.17, 15) is 4.79 Å². The van der Waals surface area contributed by atoms with E-state index in [1.54, 1.807) is 19.2 Å². The number of hydrogen-bond donors (Lipinski definition) is 1. The van der Waals surface area contributed by atoms with Crippen LogP contribution in [0.3, 0.4) is 0 Å². The number of fused-ring (bicyclic) bond motifs is 1. The maximum Gasteiger partial charge on any atom is 0.341 e. The number of aryl methyl sites for hydroxylation is 1. The molecule has 1 aromatic carbocycles. The summed E-state index contributed by atoms with van der Waals surface area (Å²) in [5.74, 6) is 1.29. The number of nitrogens with zero attached hydrogens (tertiary/aromatic N) is 3. The van der Waals surface area contributed by atoms with E-state index in [0.29, 0.717) is 52.0 Å². The summed E-state index contributed by atoms with van der Waals surface area (Å²) in [5.41, 5.74) is 2.68. The van der Waals surface area contributed by atoms with Crippen molar-refractivity contribution in [1.29, 1.82) is 0 Å². The molecule has 0 atom stereocenters. The van der Waals surface area contributed by atoms with Crippen molar-refractivity contribution in [3.63, 3.8) is 0 Å². The molecule has 1 N–H and O–H groups in total. The van der Waals surface area contributed by atoms with Gasteiger partial charge in [-0.05, 0) is 45.0 Å². The molecule has 0 saturated heterocycles. The van der Waals surface area contributed by atoms with Crippen LogP contribution >= 0.6 is 0 Å². The smallest absolute Gasteiger partial charge is 0.341 e. The minimum atomic E-state index is -0.482. The van der Waals surface area contributed by atoms with Gasteiger partial charge in [-0.2, -0.15) is 0 Å². The summed E-state index contributed by atoms with van der Waals surface area (Å²) >= 11 is 0. The average molecular weight is 444 g/mol. The molecule has 33 heavy (non-hydrogen) atoms. The summed E-state index contributed by atoms with van der Waals surface area (Å²) in [6.07, 6.45) is 3.10. The molecule has 8 heteroatoms. The van der Waals surface area contributed by atoms with Gasteiger partial charge in [-0.25, -0.2) is 19.7 Å². The Bertz CT molecular complexity index is 1260. The predicted octanol–water partition coefficient (Wildman–Crippen LogP) is 5.44. The third kappa shape index (κ3) is 5.01. The van der Waals surface area contributed by atoms with Gasteiger partial charge in [0.05, 0.1) is 36.5 Å². The van der Waals surface area contributed by atoms with Crippen LogP contribution in [-0.4, -0.2) is 34.1 Å². The number of rotatable bonds is 8. The standard InChI is InChI=1S/C25H24N4O4/c1-4-31-21-13-19-23(20(25(30)32-5-2)15-27-24(19)28-16(21)3)29-17-11-12-22(26-14-17)33-18-9-7-6-8-10-18/h6-15H,4-5H2,1-3H3,(H,27,28,29). The molecule has 0 aliphatic heterocycles. The van der Waals surface area contributed by atoms with Crippen molar-refractivity contribution in [3.05, 3.63) is 72.2 Å². The number of ether oxygens (including phenoxy) is 3. The third-order valence-corrected chi connectivity index (χ3v) is 4.77. The highest BCUT2D eigenvalue weighted by Crippen LogP contribution is 2.33. The summed E-state index contributed by atoms with van der Waals surface area (Å²) < 4.78 is 16.7.